The van der Waals surface area contributed by atoms with Crippen molar-refractivity contribution in [3.8, 4) is 0 Å². The summed E-state index contributed by atoms with van der Waals surface area (Å²) in [5, 5.41) is 3.80. The van der Waals surface area contributed by atoms with Crippen LogP contribution in [-0.4, -0.2) is 24.4 Å². The number of nitrogens with zero attached hydrogens (tertiary/aromatic N) is 1. The van der Waals surface area contributed by atoms with Crippen molar-refractivity contribution in [3.05, 3.63) is 35.4 Å². The van der Waals surface area contributed by atoms with E-state index in [0.29, 0.717) is 12.0 Å². The molecule has 1 rings (SSSR count). The third-order valence-electron chi connectivity index (χ3n) is 3.01. The molecule has 0 amide bonds. The summed E-state index contributed by atoms with van der Waals surface area (Å²) in [5.41, 5.74) is 1.00. The maximum absolute atomic E-state index is 12.3. The number of rotatable bonds is 6. The highest BCUT2D eigenvalue weighted by Crippen LogP contribution is 2.18. The van der Waals surface area contributed by atoms with Crippen molar-refractivity contribution >= 4 is 23.3 Å². The molecule has 0 aliphatic carbocycles. The maximum Gasteiger partial charge on any atom is 0.361 e. The van der Waals surface area contributed by atoms with E-state index in [9.17, 15) is 4.79 Å². The number of hydrogen-bond donors (Lipinski definition) is 0. The average Bonchev–Trinajstić information content (AvgIpc) is 2.44. The lowest BCUT2D eigenvalue weighted by atomic mass is 10.0. The predicted molar refractivity (Wildman–Crippen MR) is 80.0 cm³/mol. The van der Waals surface area contributed by atoms with Crippen LogP contribution in [0.1, 0.15) is 38.3 Å². The first-order chi connectivity index (χ1) is 9.45. The summed E-state index contributed by atoms with van der Waals surface area (Å²) < 4.78 is 5.46. The average molecular weight is 298 g/mol. The van der Waals surface area contributed by atoms with Crippen molar-refractivity contribution in [2.75, 3.05) is 7.11 Å². The van der Waals surface area contributed by atoms with E-state index in [1.165, 1.54) is 7.11 Å². The molecule has 0 N–H and O–H groups in total. The van der Waals surface area contributed by atoms with Gasteiger partial charge in [0.05, 0.1) is 0 Å². The highest BCUT2D eigenvalue weighted by Gasteiger charge is 2.26. The lowest BCUT2D eigenvalue weighted by Crippen LogP contribution is -2.32. The van der Waals surface area contributed by atoms with Crippen LogP contribution in [0.25, 0.3) is 0 Å². The summed E-state index contributed by atoms with van der Waals surface area (Å²) >= 11 is 5.89. The number of ether oxygens (including phenoxy) is 1. The maximum atomic E-state index is 12.3. The fourth-order valence-electron chi connectivity index (χ4n) is 1.53. The van der Waals surface area contributed by atoms with Crippen LogP contribution < -0.4 is 0 Å². The largest absolute Gasteiger partial charge is 0.455 e. The quantitative estimate of drug-likeness (QED) is 0.349. The molecule has 20 heavy (non-hydrogen) atoms. The lowest BCUT2D eigenvalue weighted by molar-refractivity contribution is -0.148. The van der Waals surface area contributed by atoms with Gasteiger partial charge in [0.1, 0.15) is 12.7 Å². The summed E-state index contributed by atoms with van der Waals surface area (Å²) in [6, 6.07) is 7.28. The standard InChI is InChI=1S/C15H20ClNO3/c1-5-15(2,3)20-14(18)13(17-19-4)12-9-7-6-8-11(12)10-16/h6-9H,5,10H2,1-4H3. The Hall–Kier alpha value is -1.55. The van der Waals surface area contributed by atoms with E-state index >= 15 is 0 Å². The molecule has 0 aliphatic heterocycles. The van der Waals surface area contributed by atoms with Gasteiger partial charge in [-0.05, 0) is 25.8 Å². The molecule has 110 valence electrons. The molecule has 0 radical (unpaired) electrons. The topological polar surface area (TPSA) is 47.9 Å². The van der Waals surface area contributed by atoms with Crippen molar-refractivity contribution in [3.63, 3.8) is 0 Å². The summed E-state index contributed by atoms with van der Waals surface area (Å²) in [4.78, 5) is 17.1. The third-order valence-corrected chi connectivity index (χ3v) is 3.30. The van der Waals surface area contributed by atoms with Crippen LogP contribution in [0, 0.1) is 0 Å². The molecule has 0 heterocycles. The Morgan fingerprint density at radius 3 is 2.55 bits per heavy atom. The first-order valence-electron chi connectivity index (χ1n) is 6.44. The van der Waals surface area contributed by atoms with Gasteiger partial charge >= 0.3 is 5.97 Å². The third kappa shape index (κ3) is 4.23. The number of esters is 1. The first kappa shape index (κ1) is 16.5. The van der Waals surface area contributed by atoms with Gasteiger partial charge in [-0.1, -0.05) is 36.3 Å². The Balaban J connectivity index is 3.13. The van der Waals surface area contributed by atoms with E-state index in [-0.39, 0.29) is 11.6 Å². The summed E-state index contributed by atoms with van der Waals surface area (Å²) in [7, 11) is 1.39. The molecule has 0 saturated carbocycles. The monoisotopic (exact) mass is 297 g/mol. The molecular formula is C15H20ClNO3. The Kier molecular flexibility index (Phi) is 6.02. The van der Waals surface area contributed by atoms with E-state index in [1.807, 2.05) is 39.0 Å². The zero-order valence-corrected chi connectivity index (χ0v) is 13.0. The summed E-state index contributed by atoms with van der Waals surface area (Å²) in [6.07, 6.45) is 0.705. The zero-order chi connectivity index (χ0) is 15.2. The molecule has 0 saturated heterocycles. The first-order valence-corrected chi connectivity index (χ1v) is 6.97. The number of benzene rings is 1. The van der Waals surface area contributed by atoms with Crippen LogP contribution >= 0.6 is 11.6 Å². The van der Waals surface area contributed by atoms with Gasteiger partial charge in [-0.2, -0.15) is 0 Å². The second kappa shape index (κ2) is 7.29. The smallest absolute Gasteiger partial charge is 0.361 e. The summed E-state index contributed by atoms with van der Waals surface area (Å²) in [6.45, 7) is 5.65. The minimum atomic E-state index is -0.554. The molecule has 1 aromatic carbocycles. The van der Waals surface area contributed by atoms with Gasteiger partial charge in [0.15, 0.2) is 5.71 Å². The second-order valence-electron chi connectivity index (χ2n) is 4.92. The van der Waals surface area contributed by atoms with Gasteiger partial charge in [-0.3, -0.25) is 0 Å². The fourth-order valence-corrected chi connectivity index (χ4v) is 1.76. The number of alkyl halides is 1. The second-order valence-corrected chi connectivity index (χ2v) is 5.18. The van der Waals surface area contributed by atoms with Crippen molar-refractivity contribution in [1.29, 1.82) is 0 Å². The van der Waals surface area contributed by atoms with E-state index in [4.69, 9.17) is 21.2 Å². The number of halogens is 1. The van der Waals surface area contributed by atoms with Gasteiger partial charge in [0, 0.05) is 11.4 Å². The van der Waals surface area contributed by atoms with Crippen LogP contribution in [0.5, 0.6) is 0 Å². The minimum absolute atomic E-state index is 0.130. The Labute approximate surface area is 124 Å². The van der Waals surface area contributed by atoms with Crippen LogP contribution in [0.15, 0.2) is 29.4 Å². The van der Waals surface area contributed by atoms with Crippen molar-refractivity contribution < 1.29 is 14.4 Å². The van der Waals surface area contributed by atoms with Gasteiger partial charge in [-0.25, -0.2) is 4.79 Å². The molecule has 0 unspecified atom stereocenters. The molecule has 0 aliphatic rings. The SMILES string of the molecule is CCC(C)(C)OC(=O)C(=NOC)c1ccccc1CCl. The highest BCUT2D eigenvalue weighted by atomic mass is 35.5. The number of carbonyl (C=O) groups is 1. The Bertz CT molecular complexity index is 498. The van der Waals surface area contributed by atoms with Crippen LogP contribution in [0.2, 0.25) is 0 Å². The number of oxime groups is 1. The normalized spacial score (nSPS) is 12.2. The van der Waals surface area contributed by atoms with Crippen LogP contribution in [0.4, 0.5) is 0 Å². The molecule has 0 atom stereocenters. The molecule has 5 heteroatoms. The molecule has 0 aromatic heterocycles. The van der Waals surface area contributed by atoms with Crippen LogP contribution in [0.3, 0.4) is 0 Å². The van der Waals surface area contributed by atoms with Gasteiger partial charge < -0.3 is 9.57 Å². The highest BCUT2D eigenvalue weighted by molar-refractivity contribution is 6.43. The van der Waals surface area contributed by atoms with Crippen molar-refractivity contribution in [1.82, 2.24) is 0 Å². The molecule has 0 bridgehead atoms. The molecule has 1 aromatic rings. The number of carbonyl (C=O) groups excluding carboxylic acids is 1. The van der Waals surface area contributed by atoms with Gasteiger partial charge in [0.2, 0.25) is 0 Å². The molecule has 4 nitrogen and oxygen atoms in total. The van der Waals surface area contributed by atoms with E-state index in [0.717, 1.165) is 5.56 Å². The van der Waals surface area contributed by atoms with Gasteiger partial charge in [-0.15, -0.1) is 11.6 Å². The van der Waals surface area contributed by atoms with Crippen molar-refractivity contribution in [2.45, 2.75) is 38.7 Å². The Morgan fingerprint density at radius 2 is 2.00 bits per heavy atom. The molecule has 0 fully saturated rings. The van der Waals surface area contributed by atoms with Crippen molar-refractivity contribution in [2.24, 2.45) is 5.16 Å². The van der Waals surface area contributed by atoms with Gasteiger partial charge in [0.25, 0.3) is 0 Å². The molecular weight excluding hydrogens is 278 g/mol. The van der Waals surface area contributed by atoms with E-state index in [2.05, 4.69) is 5.16 Å². The van der Waals surface area contributed by atoms with E-state index in [1.54, 1.807) is 6.07 Å². The summed E-state index contributed by atoms with van der Waals surface area (Å²) in [5.74, 6) is -0.236. The van der Waals surface area contributed by atoms with Crippen LogP contribution in [-0.2, 0) is 20.2 Å². The van der Waals surface area contributed by atoms with E-state index < -0.39 is 11.6 Å². The number of hydrogen-bond acceptors (Lipinski definition) is 4. The fraction of sp³-hybridized carbons (Fsp3) is 0.467. The molecule has 0 spiro atoms. The lowest BCUT2D eigenvalue weighted by Gasteiger charge is -2.23. The minimum Gasteiger partial charge on any atom is -0.455 e. The Morgan fingerprint density at radius 1 is 1.35 bits per heavy atom. The predicted octanol–water partition coefficient (Wildman–Crippen LogP) is 3.51. The zero-order valence-electron chi connectivity index (χ0n) is 12.3.